The molecule has 0 aliphatic heterocycles. The predicted molar refractivity (Wildman–Crippen MR) is 67.8 cm³/mol. The second-order valence-corrected chi connectivity index (χ2v) is 4.09. The number of rotatable bonds is 6. The van der Waals surface area contributed by atoms with Crippen LogP contribution in [0.5, 0.6) is 0 Å². The molecule has 0 spiro atoms. The Kier molecular flexibility index (Phi) is 5.42. The molecule has 94 valence electrons. The number of hydrogen-bond acceptors (Lipinski definition) is 4. The number of pyridine rings is 1. The predicted octanol–water partition coefficient (Wildman–Crippen LogP) is 1.43. The molecule has 1 unspecified atom stereocenters. The molecule has 5 heteroatoms. The van der Waals surface area contributed by atoms with Crippen LogP contribution < -0.4 is 5.73 Å². The van der Waals surface area contributed by atoms with E-state index in [4.69, 9.17) is 10.9 Å². The van der Waals surface area contributed by atoms with Crippen LogP contribution in [-0.2, 0) is 6.54 Å². The maximum Gasteiger partial charge on any atom is 0.140 e. The van der Waals surface area contributed by atoms with E-state index in [1.807, 2.05) is 25.2 Å². The van der Waals surface area contributed by atoms with Gasteiger partial charge in [-0.3, -0.25) is 9.88 Å². The molecule has 0 amide bonds. The van der Waals surface area contributed by atoms with Gasteiger partial charge in [0.1, 0.15) is 5.84 Å². The number of nitrogens with zero attached hydrogens (tertiary/aromatic N) is 3. The van der Waals surface area contributed by atoms with Gasteiger partial charge >= 0.3 is 0 Å². The van der Waals surface area contributed by atoms with E-state index >= 15 is 0 Å². The molecule has 0 aliphatic carbocycles. The maximum absolute atomic E-state index is 8.58. The molecule has 1 atom stereocenters. The molecule has 0 aromatic carbocycles. The first-order chi connectivity index (χ1) is 8.17. The number of oxime groups is 1. The van der Waals surface area contributed by atoms with Crippen molar-refractivity contribution in [2.75, 3.05) is 7.05 Å². The molecule has 0 fully saturated rings. The van der Waals surface area contributed by atoms with Gasteiger partial charge in [-0.2, -0.15) is 0 Å². The van der Waals surface area contributed by atoms with Gasteiger partial charge in [-0.1, -0.05) is 18.1 Å². The minimum atomic E-state index is 0.257. The van der Waals surface area contributed by atoms with Gasteiger partial charge < -0.3 is 10.9 Å². The Balaban J connectivity index is 2.58. The van der Waals surface area contributed by atoms with Crippen LogP contribution in [0.25, 0.3) is 0 Å². The van der Waals surface area contributed by atoms with Crippen molar-refractivity contribution in [2.45, 2.75) is 32.4 Å². The minimum Gasteiger partial charge on any atom is -0.409 e. The molecule has 0 aliphatic rings. The first kappa shape index (κ1) is 13.4. The van der Waals surface area contributed by atoms with Crippen molar-refractivity contribution in [3.8, 4) is 0 Å². The summed E-state index contributed by atoms with van der Waals surface area (Å²) in [5, 5.41) is 11.6. The largest absolute Gasteiger partial charge is 0.409 e. The second-order valence-electron chi connectivity index (χ2n) is 4.09. The zero-order valence-electron chi connectivity index (χ0n) is 10.4. The average Bonchev–Trinajstić information content (AvgIpc) is 2.36. The number of nitrogens with two attached hydrogens (primary N) is 1. The minimum absolute atomic E-state index is 0.257. The van der Waals surface area contributed by atoms with E-state index < -0.39 is 0 Å². The van der Waals surface area contributed by atoms with Gasteiger partial charge in [0.25, 0.3) is 0 Å². The fourth-order valence-corrected chi connectivity index (χ4v) is 1.77. The summed E-state index contributed by atoms with van der Waals surface area (Å²) in [5.41, 5.74) is 6.56. The smallest absolute Gasteiger partial charge is 0.140 e. The zero-order valence-corrected chi connectivity index (χ0v) is 10.4. The van der Waals surface area contributed by atoms with E-state index in [9.17, 15) is 0 Å². The van der Waals surface area contributed by atoms with Gasteiger partial charge in [0.05, 0.1) is 5.69 Å². The summed E-state index contributed by atoms with van der Waals surface area (Å²) < 4.78 is 0. The SMILES string of the molecule is CCC(C/C(N)=N/O)N(C)Cc1ccccn1. The van der Waals surface area contributed by atoms with E-state index in [-0.39, 0.29) is 11.9 Å². The van der Waals surface area contributed by atoms with Crippen LogP contribution in [0.2, 0.25) is 0 Å². The molecule has 1 heterocycles. The van der Waals surface area contributed by atoms with Gasteiger partial charge in [-0.05, 0) is 25.6 Å². The van der Waals surface area contributed by atoms with E-state index in [0.717, 1.165) is 18.7 Å². The fourth-order valence-electron chi connectivity index (χ4n) is 1.77. The lowest BCUT2D eigenvalue weighted by Gasteiger charge is -2.26. The summed E-state index contributed by atoms with van der Waals surface area (Å²) in [6.07, 6.45) is 3.30. The number of aromatic nitrogens is 1. The lowest BCUT2D eigenvalue weighted by Crippen LogP contribution is -2.34. The molecule has 1 aromatic rings. The van der Waals surface area contributed by atoms with Crippen molar-refractivity contribution in [2.24, 2.45) is 10.9 Å². The van der Waals surface area contributed by atoms with E-state index in [1.165, 1.54) is 0 Å². The molecule has 0 radical (unpaired) electrons. The van der Waals surface area contributed by atoms with Gasteiger partial charge in [0, 0.05) is 25.2 Å². The highest BCUT2D eigenvalue weighted by Gasteiger charge is 2.15. The van der Waals surface area contributed by atoms with Gasteiger partial charge in [-0.25, -0.2) is 0 Å². The molecule has 0 bridgehead atoms. The van der Waals surface area contributed by atoms with Crippen LogP contribution in [0.1, 0.15) is 25.5 Å². The highest BCUT2D eigenvalue weighted by Crippen LogP contribution is 2.10. The van der Waals surface area contributed by atoms with Gasteiger partial charge in [0.2, 0.25) is 0 Å². The Morgan fingerprint density at radius 1 is 1.59 bits per heavy atom. The van der Waals surface area contributed by atoms with Crippen molar-refractivity contribution in [3.05, 3.63) is 30.1 Å². The fraction of sp³-hybridized carbons (Fsp3) is 0.500. The first-order valence-corrected chi connectivity index (χ1v) is 5.74. The monoisotopic (exact) mass is 236 g/mol. The Morgan fingerprint density at radius 3 is 2.88 bits per heavy atom. The van der Waals surface area contributed by atoms with E-state index in [1.54, 1.807) is 6.20 Å². The highest BCUT2D eigenvalue weighted by atomic mass is 16.4. The molecule has 1 rings (SSSR count). The summed E-state index contributed by atoms with van der Waals surface area (Å²) in [5.74, 6) is 0.268. The summed E-state index contributed by atoms with van der Waals surface area (Å²) in [4.78, 5) is 6.45. The average molecular weight is 236 g/mol. The third-order valence-corrected chi connectivity index (χ3v) is 2.81. The zero-order chi connectivity index (χ0) is 12.7. The van der Waals surface area contributed by atoms with Crippen molar-refractivity contribution >= 4 is 5.84 Å². The number of amidine groups is 1. The van der Waals surface area contributed by atoms with Gasteiger partial charge in [-0.15, -0.1) is 0 Å². The van der Waals surface area contributed by atoms with Crippen molar-refractivity contribution < 1.29 is 5.21 Å². The third kappa shape index (κ3) is 4.40. The van der Waals surface area contributed by atoms with Crippen molar-refractivity contribution in [1.82, 2.24) is 9.88 Å². The third-order valence-electron chi connectivity index (χ3n) is 2.81. The molecule has 5 nitrogen and oxygen atoms in total. The van der Waals surface area contributed by atoms with Crippen LogP contribution in [0.3, 0.4) is 0 Å². The Hall–Kier alpha value is -1.62. The maximum atomic E-state index is 8.58. The van der Waals surface area contributed by atoms with Crippen LogP contribution in [0, 0.1) is 0 Å². The van der Waals surface area contributed by atoms with Gasteiger partial charge in [0.15, 0.2) is 0 Å². The summed E-state index contributed by atoms with van der Waals surface area (Å²) in [6.45, 7) is 2.85. The quantitative estimate of drug-likeness (QED) is 0.339. The van der Waals surface area contributed by atoms with Crippen LogP contribution >= 0.6 is 0 Å². The lowest BCUT2D eigenvalue weighted by molar-refractivity contribution is 0.227. The second kappa shape index (κ2) is 6.85. The summed E-state index contributed by atoms with van der Waals surface area (Å²) in [6, 6.07) is 6.12. The Morgan fingerprint density at radius 2 is 2.35 bits per heavy atom. The number of hydrogen-bond donors (Lipinski definition) is 2. The molecule has 0 saturated carbocycles. The molecular formula is C12H20N4O. The van der Waals surface area contributed by atoms with Crippen molar-refractivity contribution in [3.63, 3.8) is 0 Å². The Labute approximate surface area is 102 Å². The standard InChI is InChI=1S/C12H20N4O/c1-3-11(8-12(13)15-17)16(2)9-10-6-4-5-7-14-10/h4-7,11,17H,3,8-9H2,1-2H3,(H2,13,15). The molecule has 3 N–H and O–H groups in total. The molecule has 17 heavy (non-hydrogen) atoms. The Bertz CT molecular complexity index is 353. The van der Waals surface area contributed by atoms with E-state index in [0.29, 0.717) is 6.42 Å². The highest BCUT2D eigenvalue weighted by molar-refractivity contribution is 5.80. The molecular weight excluding hydrogens is 216 g/mol. The summed E-state index contributed by atoms with van der Waals surface area (Å²) in [7, 11) is 2.02. The van der Waals surface area contributed by atoms with Crippen LogP contribution in [0.15, 0.2) is 29.6 Å². The summed E-state index contributed by atoms with van der Waals surface area (Å²) >= 11 is 0. The van der Waals surface area contributed by atoms with E-state index in [2.05, 4.69) is 22.0 Å². The van der Waals surface area contributed by atoms with Crippen LogP contribution in [-0.4, -0.2) is 34.0 Å². The van der Waals surface area contributed by atoms with Crippen LogP contribution in [0.4, 0.5) is 0 Å². The molecule has 1 aromatic heterocycles. The lowest BCUT2D eigenvalue weighted by atomic mass is 10.1. The molecule has 0 saturated heterocycles. The normalized spacial score (nSPS) is 13.9. The first-order valence-electron chi connectivity index (χ1n) is 5.74. The van der Waals surface area contributed by atoms with Crippen molar-refractivity contribution in [1.29, 1.82) is 0 Å². The topological polar surface area (TPSA) is 74.7 Å².